The van der Waals surface area contributed by atoms with Crippen molar-refractivity contribution in [3.8, 4) is 17.2 Å². The summed E-state index contributed by atoms with van der Waals surface area (Å²) in [5.74, 6) is -0.246. The van der Waals surface area contributed by atoms with Gasteiger partial charge in [0.15, 0.2) is 0 Å². The highest BCUT2D eigenvalue weighted by molar-refractivity contribution is 5.98. The third kappa shape index (κ3) is 3.38. The fraction of sp³-hybridized carbons (Fsp3) is 0.118. The van der Waals surface area contributed by atoms with E-state index in [9.17, 15) is 15.0 Å². The van der Waals surface area contributed by atoms with Gasteiger partial charge >= 0.3 is 5.97 Å². The number of carbonyl (C=O) groups excluding carboxylic acids is 1. The monoisotopic (exact) mass is 300 g/mol. The van der Waals surface area contributed by atoms with Crippen LogP contribution in [0.1, 0.15) is 21.5 Å². The Bertz CT molecular complexity index is 702. The second-order valence-electron chi connectivity index (χ2n) is 4.53. The van der Waals surface area contributed by atoms with Gasteiger partial charge in [-0.15, -0.1) is 0 Å². The van der Waals surface area contributed by atoms with E-state index in [0.717, 1.165) is 5.56 Å². The van der Waals surface area contributed by atoms with E-state index in [4.69, 9.17) is 9.47 Å². The highest BCUT2D eigenvalue weighted by atomic mass is 16.5. The van der Waals surface area contributed by atoms with Crippen LogP contribution in [0.25, 0.3) is 12.2 Å². The SMILES string of the molecule is COC(=O)c1c(O)cc(OC)cc1C=Cc1ccc(O)cc1. The zero-order chi connectivity index (χ0) is 16.1. The third-order valence-electron chi connectivity index (χ3n) is 3.10. The Hall–Kier alpha value is -2.95. The van der Waals surface area contributed by atoms with E-state index < -0.39 is 5.97 Å². The molecule has 114 valence electrons. The van der Waals surface area contributed by atoms with Crippen molar-refractivity contribution in [2.24, 2.45) is 0 Å². The lowest BCUT2D eigenvalue weighted by molar-refractivity contribution is 0.0597. The van der Waals surface area contributed by atoms with Gasteiger partial charge in [0.2, 0.25) is 0 Å². The number of phenolic OH excluding ortho intramolecular Hbond substituents is 2. The van der Waals surface area contributed by atoms with Crippen LogP contribution in [-0.4, -0.2) is 30.4 Å². The minimum atomic E-state index is -0.634. The van der Waals surface area contributed by atoms with Crippen molar-refractivity contribution in [1.82, 2.24) is 0 Å². The average molecular weight is 300 g/mol. The fourth-order valence-corrected chi connectivity index (χ4v) is 1.97. The number of esters is 1. The molecule has 0 aliphatic carbocycles. The molecule has 0 aliphatic rings. The molecule has 0 bridgehead atoms. The van der Waals surface area contributed by atoms with Gasteiger partial charge in [-0.05, 0) is 29.3 Å². The molecule has 0 aromatic heterocycles. The quantitative estimate of drug-likeness (QED) is 0.670. The summed E-state index contributed by atoms with van der Waals surface area (Å²) < 4.78 is 9.79. The smallest absolute Gasteiger partial charge is 0.342 e. The second kappa shape index (κ2) is 6.67. The standard InChI is InChI=1S/C17H16O5/c1-21-14-9-12(16(15(19)10-14)17(20)22-2)6-3-11-4-7-13(18)8-5-11/h3-10,18-19H,1-2H3. The second-order valence-corrected chi connectivity index (χ2v) is 4.53. The minimum Gasteiger partial charge on any atom is -0.508 e. The summed E-state index contributed by atoms with van der Waals surface area (Å²) in [5, 5.41) is 19.3. The first-order valence-corrected chi connectivity index (χ1v) is 6.51. The minimum absolute atomic E-state index is 0.0679. The van der Waals surface area contributed by atoms with Crippen LogP contribution in [-0.2, 0) is 4.74 Å². The molecular formula is C17H16O5. The van der Waals surface area contributed by atoms with E-state index in [1.807, 2.05) is 0 Å². The van der Waals surface area contributed by atoms with Crippen LogP contribution in [0.2, 0.25) is 0 Å². The predicted molar refractivity (Wildman–Crippen MR) is 83.0 cm³/mol. The molecule has 0 amide bonds. The summed E-state index contributed by atoms with van der Waals surface area (Å²) in [4.78, 5) is 11.8. The lowest BCUT2D eigenvalue weighted by Gasteiger charge is -2.09. The number of ether oxygens (including phenoxy) is 2. The lowest BCUT2D eigenvalue weighted by Crippen LogP contribution is -2.04. The Morgan fingerprint density at radius 2 is 1.73 bits per heavy atom. The molecule has 0 aliphatic heterocycles. The van der Waals surface area contributed by atoms with E-state index in [1.165, 1.54) is 20.3 Å². The maximum atomic E-state index is 11.8. The van der Waals surface area contributed by atoms with Crippen LogP contribution in [0.4, 0.5) is 0 Å². The van der Waals surface area contributed by atoms with Crippen molar-refractivity contribution >= 4 is 18.1 Å². The number of aromatic hydroxyl groups is 2. The van der Waals surface area contributed by atoms with Gasteiger partial charge in [0.1, 0.15) is 22.8 Å². The molecule has 5 nitrogen and oxygen atoms in total. The molecule has 0 heterocycles. The van der Waals surface area contributed by atoms with Crippen molar-refractivity contribution in [3.63, 3.8) is 0 Å². The summed E-state index contributed by atoms with van der Waals surface area (Å²) in [5.41, 5.74) is 1.37. The van der Waals surface area contributed by atoms with Gasteiger partial charge in [0.05, 0.1) is 14.2 Å². The van der Waals surface area contributed by atoms with Crippen molar-refractivity contribution in [2.75, 3.05) is 14.2 Å². The van der Waals surface area contributed by atoms with Crippen molar-refractivity contribution in [3.05, 3.63) is 53.1 Å². The van der Waals surface area contributed by atoms with Crippen LogP contribution in [0.3, 0.4) is 0 Å². The average Bonchev–Trinajstić information content (AvgIpc) is 2.53. The topological polar surface area (TPSA) is 76.0 Å². The van der Waals surface area contributed by atoms with Gasteiger partial charge in [0.25, 0.3) is 0 Å². The van der Waals surface area contributed by atoms with Gasteiger partial charge in [-0.3, -0.25) is 0 Å². The molecule has 2 N–H and O–H groups in total. The largest absolute Gasteiger partial charge is 0.508 e. The summed E-state index contributed by atoms with van der Waals surface area (Å²) in [6.45, 7) is 0. The molecule has 22 heavy (non-hydrogen) atoms. The Morgan fingerprint density at radius 1 is 1.05 bits per heavy atom. The highest BCUT2D eigenvalue weighted by Crippen LogP contribution is 2.30. The molecule has 0 atom stereocenters. The predicted octanol–water partition coefficient (Wildman–Crippen LogP) is 3.06. The Morgan fingerprint density at radius 3 is 2.32 bits per heavy atom. The van der Waals surface area contributed by atoms with Crippen LogP contribution >= 0.6 is 0 Å². The summed E-state index contributed by atoms with van der Waals surface area (Å²) in [6.07, 6.45) is 3.42. The molecule has 2 aromatic carbocycles. The Kier molecular flexibility index (Phi) is 4.68. The van der Waals surface area contributed by atoms with Crippen LogP contribution in [0.15, 0.2) is 36.4 Å². The number of carbonyl (C=O) groups is 1. The van der Waals surface area contributed by atoms with Gasteiger partial charge in [-0.1, -0.05) is 24.3 Å². The Labute approximate surface area is 128 Å². The number of hydrogen-bond donors (Lipinski definition) is 2. The van der Waals surface area contributed by atoms with Gasteiger partial charge in [-0.2, -0.15) is 0 Å². The third-order valence-corrected chi connectivity index (χ3v) is 3.10. The van der Waals surface area contributed by atoms with Crippen molar-refractivity contribution in [2.45, 2.75) is 0 Å². The molecule has 0 saturated heterocycles. The van der Waals surface area contributed by atoms with Crippen molar-refractivity contribution < 1.29 is 24.5 Å². The van der Waals surface area contributed by atoms with Crippen LogP contribution in [0, 0.1) is 0 Å². The summed E-state index contributed by atoms with van der Waals surface area (Å²) in [7, 11) is 2.72. The number of phenols is 2. The molecule has 0 radical (unpaired) electrons. The van der Waals surface area contributed by atoms with E-state index in [2.05, 4.69) is 0 Å². The number of benzene rings is 2. The van der Waals surface area contributed by atoms with Crippen molar-refractivity contribution in [1.29, 1.82) is 0 Å². The number of methoxy groups -OCH3 is 2. The van der Waals surface area contributed by atoms with E-state index in [-0.39, 0.29) is 17.1 Å². The molecule has 0 saturated carbocycles. The molecular weight excluding hydrogens is 284 g/mol. The molecule has 5 heteroatoms. The number of rotatable bonds is 4. The molecule has 2 aromatic rings. The van der Waals surface area contributed by atoms with E-state index in [1.54, 1.807) is 42.5 Å². The van der Waals surface area contributed by atoms with E-state index >= 15 is 0 Å². The first kappa shape index (κ1) is 15.4. The van der Waals surface area contributed by atoms with Crippen LogP contribution < -0.4 is 4.74 Å². The molecule has 0 fully saturated rings. The normalized spacial score (nSPS) is 10.6. The fourth-order valence-electron chi connectivity index (χ4n) is 1.97. The zero-order valence-corrected chi connectivity index (χ0v) is 12.2. The maximum Gasteiger partial charge on any atom is 0.342 e. The van der Waals surface area contributed by atoms with Gasteiger partial charge < -0.3 is 19.7 Å². The zero-order valence-electron chi connectivity index (χ0n) is 12.2. The molecule has 0 unspecified atom stereocenters. The van der Waals surface area contributed by atoms with Gasteiger partial charge in [0, 0.05) is 6.07 Å². The first-order chi connectivity index (χ1) is 10.5. The summed E-state index contributed by atoms with van der Waals surface area (Å²) in [6, 6.07) is 9.55. The van der Waals surface area contributed by atoms with Gasteiger partial charge in [-0.25, -0.2) is 4.79 Å². The molecule has 0 spiro atoms. The lowest BCUT2D eigenvalue weighted by atomic mass is 10.0. The molecule has 2 rings (SSSR count). The summed E-state index contributed by atoms with van der Waals surface area (Å²) >= 11 is 0. The Balaban J connectivity index is 2.45. The maximum absolute atomic E-state index is 11.8. The van der Waals surface area contributed by atoms with Crippen LogP contribution in [0.5, 0.6) is 17.2 Å². The highest BCUT2D eigenvalue weighted by Gasteiger charge is 2.17. The first-order valence-electron chi connectivity index (χ1n) is 6.51. The number of hydrogen-bond acceptors (Lipinski definition) is 5. The van der Waals surface area contributed by atoms with E-state index in [0.29, 0.717) is 11.3 Å².